The number of aromatic nitrogens is 2. The summed E-state index contributed by atoms with van der Waals surface area (Å²) in [6.07, 6.45) is 1.70. The largest absolute Gasteiger partial charge is 0.409 e. The van der Waals surface area contributed by atoms with Gasteiger partial charge in [-0.05, 0) is 25.5 Å². The molecule has 0 bridgehead atoms. The summed E-state index contributed by atoms with van der Waals surface area (Å²) in [6, 6.07) is 5.53. The number of para-hydroxylation sites is 1. The number of rotatable bonds is 2. The predicted molar refractivity (Wildman–Crippen MR) is 70.6 cm³/mol. The third-order valence-electron chi connectivity index (χ3n) is 2.69. The van der Waals surface area contributed by atoms with Gasteiger partial charge in [0.25, 0.3) is 0 Å². The van der Waals surface area contributed by atoms with E-state index in [1.165, 1.54) is 0 Å². The molecular weight excluding hydrogens is 252 g/mol. The first-order valence-corrected chi connectivity index (χ1v) is 5.72. The maximum atomic E-state index is 8.82. The van der Waals surface area contributed by atoms with E-state index < -0.39 is 0 Å². The van der Waals surface area contributed by atoms with Crippen molar-refractivity contribution in [1.29, 1.82) is 0 Å². The monoisotopic (exact) mass is 264 g/mol. The molecule has 1 aromatic heterocycles. The highest BCUT2D eigenvalue weighted by Crippen LogP contribution is 2.22. The number of nitrogens with two attached hydrogens (primary N) is 1. The van der Waals surface area contributed by atoms with Crippen molar-refractivity contribution in [3.05, 3.63) is 46.2 Å². The van der Waals surface area contributed by atoms with Gasteiger partial charge in [-0.3, -0.25) is 0 Å². The summed E-state index contributed by atoms with van der Waals surface area (Å²) >= 11 is 6.00. The van der Waals surface area contributed by atoms with Crippen LogP contribution in [0.2, 0.25) is 5.02 Å². The molecule has 0 amide bonds. The Bertz CT molecular complexity index is 599. The highest BCUT2D eigenvalue weighted by atomic mass is 35.5. The van der Waals surface area contributed by atoms with E-state index in [1.807, 2.05) is 26.0 Å². The third-order valence-corrected chi connectivity index (χ3v) is 3.06. The molecule has 1 heterocycles. The van der Waals surface area contributed by atoms with Crippen LogP contribution in [0.4, 0.5) is 0 Å². The van der Waals surface area contributed by atoms with Crippen molar-refractivity contribution >= 4 is 17.4 Å². The Morgan fingerprint density at radius 3 is 2.72 bits per heavy atom. The van der Waals surface area contributed by atoms with Crippen LogP contribution in [0, 0.1) is 13.8 Å². The number of aryl methyl sites for hydroxylation is 2. The number of amidine groups is 1. The van der Waals surface area contributed by atoms with E-state index in [4.69, 9.17) is 22.5 Å². The average Bonchev–Trinajstić information content (AvgIpc) is 2.68. The van der Waals surface area contributed by atoms with Gasteiger partial charge in [0, 0.05) is 11.8 Å². The summed E-state index contributed by atoms with van der Waals surface area (Å²) in [5.74, 6) is 0.0398. The molecule has 0 aliphatic rings. The zero-order valence-electron chi connectivity index (χ0n) is 10.1. The molecule has 0 aliphatic carbocycles. The van der Waals surface area contributed by atoms with Crippen molar-refractivity contribution in [2.24, 2.45) is 10.9 Å². The summed E-state index contributed by atoms with van der Waals surface area (Å²) in [5, 5.41) is 16.7. The van der Waals surface area contributed by atoms with Crippen LogP contribution in [0.15, 0.2) is 29.6 Å². The molecule has 5 nitrogen and oxygen atoms in total. The van der Waals surface area contributed by atoms with Gasteiger partial charge in [-0.25, -0.2) is 4.68 Å². The number of halogens is 1. The topological polar surface area (TPSA) is 76.4 Å². The van der Waals surface area contributed by atoms with E-state index in [2.05, 4.69) is 10.3 Å². The van der Waals surface area contributed by atoms with Crippen LogP contribution < -0.4 is 5.73 Å². The summed E-state index contributed by atoms with van der Waals surface area (Å²) in [7, 11) is 0. The van der Waals surface area contributed by atoms with Gasteiger partial charge in [0.2, 0.25) is 0 Å². The van der Waals surface area contributed by atoms with Crippen molar-refractivity contribution in [1.82, 2.24) is 9.78 Å². The predicted octanol–water partition coefficient (Wildman–Crippen LogP) is 2.24. The van der Waals surface area contributed by atoms with Gasteiger partial charge in [0.1, 0.15) is 0 Å². The number of nitrogens with zero attached hydrogens (tertiary/aromatic N) is 3. The van der Waals surface area contributed by atoms with Crippen LogP contribution in [0.25, 0.3) is 5.69 Å². The van der Waals surface area contributed by atoms with Crippen LogP contribution in [-0.2, 0) is 0 Å². The number of benzene rings is 1. The lowest BCUT2D eigenvalue weighted by molar-refractivity contribution is 0.318. The number of hydrogen-bond acceptors (Lipinski definition) is 3. The second kappa shape index (κ2) is 4.70. The van der Waals surface area contributed by atoms with Crippen molar-refractivity contribution in [2.75, 3.05) is 0 Å². The van der Waals surface area contributed by atoms with E-state index in [1.54, 1.807) is 16.9 Å². The molecule has 0 spiro atoms. The van der Waals surface area contributed by atoms with E-state index in [-0.39, 0.29) is 5.84 Å². The van der Waals surface area contributed by atoms with Gasteiger partial charge in [-0.15, -0.1) is 0 Å². The minimum atomic E-state index is 0.0398. The van der Waals surface area contributed by atoms with Crippen LogP contribution >= 0.6 is 11.6 Å². The van der Waals surface area contributed by atoms with Crippen molar-refractivity contribution in [3.8, 4) is 5.69 Å². The Hall–Kier alpha value is -2.01. The Kier molecular flexibility index (Phi) is 3.25. The molecule has 0 atom stereocenters. The van der Waals surface area contributed by atoms with Crippen LogP contribution in [0.3, 0.4) is 0 Å². The molecular formula is C12H13ClN4O. The molecule has 18 heavy (non-hydrogen) atoms. The van der Waals surface area contributed by atoms with E-state index in [9.17, 15) is 0 Å². The lowest BCUT2D eigenvalue weighted by Gasteiger charge is -2.11. The summed E-state index contributed by atoms with van der Waals surface area (Å²) in [4.78, 5) is 0. The van der Waals surface area contributed by atoms with Gasteiger partial charge in [0.05, 0.1) is 16.4 Å². The summed E-state index contributed by atoms with van der Waals surface area (Å²) in [5.41, 5.74) is 8.72. The maximum Gasteiger partial charge on any atom is 0.172 e. The maximum absolute atomic E-state index is 8.82. The molecule has 2 rings (SSSR count). The molecule has 0 aliphatic heterocycles. The first-order valence-electron chi connectivity index (χ1n) is 5.34. The summed E-state index contributed by atoms with van der Waals surface area (Å²) in [6.45, 7) is 3.74. The second-order valence-corrected chi connectivity index (χ2v) is 4.37. The highest BCUT2D eigenvalue weighted by Gasteiger charge is 2.13. The Morgan fingerprint density at radius 2 is 2.17 bits per heavy atom. The van der Waals surface area contributed by atoms with E-state index in [0.717, 1.165) is 16.9 Å². The van der Waals surface area contributed by atoms with Crippen molar-refractivity contribution in [2.45, 2.75) is 13.8 Å². The van der Waals surface area contributed by atoms with Crippen LogP contribution in [-0.4, -0.2) is 20.8 Å². The van der Waals surface area contributed by atoms with E-state index >= 15 is 0 Å². The Labute approximate surface area is 109 Å². The molecule has 94 valence electrons. The minimum absolute atomic E-state index is 0.0398. The first-order chi connectivity index (χ1) is 8.54. The quantitative estimate of drug-likeness (QED) is 0.378. The zero-order valence-corrected chi connectivity index (χ0v) is 10.8. The molecule has 0 saturated carbocycles. The van der Waals surface area contributed by atoms with Crippen molar-refractivity contribution in [3.63, 3.8) is 0 Å². The molecule has 3 N–H and O–H groups in total. The normalized spacial score (nSPS) is 11.8. The Balaban J connectivity index is 2.69. The minimum Gasteiger partial charge on any atom is -0.409 e. The zero-order chi connectivity index (χ0) is 13.3. The molecule has 1 aromatic carbocycles. The molecule has 0 saturated heterocycles. The number of oxime groups is 1. The van der Waals surface area contributed by atoms with Gasteiger partial charge in [-0.1, -0.05) is 28.9 Å². The van der Waals surface area contributed by atoms with Gasteiger partial charge in [0.15, 0.2) is 5.84 Å². The molecule has 2 aromatic rings. The standard InChI is InChI=1S/C12H13ClN4O/c1-7-4-3-5-9(12(14)16-18)11(7)17-6-10(13)8(2)15-17/h3-6,18H,1-2H3,(H2,14,16). The fourth-order valence-corrected chi connectivity index (χ4v) is 1.91. The third kappa shape index (κ3) is 2.04. The smallest absolute Gasteiger partial charge is 0.172 e. The van der Waals surface area contributed by atoms with Crippen LogP contribution in [0.1, 0.15) is 16.8 Å². The molecule has 0 unspecified atom stereocenters. The first kappa shape index (κ1) is 12.4. The second-order valence-electron chi connectivity index (χ2n) is 3.96. The average molecular weight is 265 g/mol. The Morgan fingerprint density at radius 1 is 1.44 bits per heavy atom. The molecule has 6 heteroatoms. The SMILES string of the molecule is Cc1cccc(/C(N)=N/O)c1-n1cc(Cl)c(C)n1. The molecule has 0 radical (unpaired) electrons. The van der Waals surface area contributed by atoms with Crippen molar-refractivity contribution < 1.29 is 5.21 Å². The van der Waals surface area contributed by atoms with Gasteiger partial charge >= 0.3 is 0 Å². The van der Waals surface area contributed by atoms with Gasteiger partial charge in [-0.2, -0.15) is 5.10 Å². The lowest BCUT2D eigenvalue weighted by atomic mass is 10.1. The molecule has 0 fully saturated rings. The fourth-order valence-electron chi connectivity index (χ4n) is 1.78. The highest BCUT2D eigenvalue weighted by molar-refractivity contribution is 6.31. The lowest BCUT2D eigenvalue weighted by Crippen LogP contribution is -2.17. The summed E-state index contributed by atoms with van der Waals surface area (Å²) < 4.78 is 1.64. The number of hydrogen-bond donors (Lipinski definition) is 2. The fraction of sp³-hybridized carbons (Fsp3) is 0.167. The van der Waals surface area contributed by atoms with Crippen LogP contribution in [0.5, 0.6) is 0 Å². The van der Waals surface area contributed by atoms with Gasteiger partial charge < -0.3 is 10.9 Å². The van der Waals surface area contributed by atoms with E-state index in [0.29, 0.717) is 10.6 Å².